The summed E-state index contributed by atoms with van der Waals surface area (Å²) in [6.07, 6.45) is 0.296. The van der Waals surface area contributed by atoms with Crippen LogP contribution in [0.1, 0.15) is 12.8 Å². The lowest BCUT2D eigenvalue weighted by Crippen LogP contribution is -2.24. The van der Waals surface area contributed by atoms with E-state index in [4.69, 9.17) is 10.3 Å². The Morgan fingerprint density at radius 1 is 1.17 bits per heavy atom. The van der Waals surface area contributed by atoms with Gasteiger partial charge in [0.15, 0.2) is 5.75 Å². The summed E-state index contributed by atoms with van der Waals surface area (Å²) >= 11 is 0. The van der Waals surface area contributed by atoms with Gasteiger partial charge in [-0.3, -0.25) is 24.9 Å². The van der Waals surface area contributed by atoms with Crippen LogP contribution in [0.2, 0.25) is 0 Å². The van der Waals surface area contributed by atoms with Gasteiger partial charge in [-0.1, -0.05) is 12.1 Å². The predicted molar refractivity (Wildman–Crippen MR) is 57.6 cm³/mol. The first-order valence-electron chi connectivity index (χ1n) is 4.90. The van der Waals surface area contributed by atoms with Crippen molar-refractivity contribution >= 4 is 17.5 Å². The number of aromatic hydroxyl groups is 1. The standard InChI is InChI=1S/C6H5NO3.C4H5NO3/c8-6-4-2-1-3-5(6)7(9)10;6-3-1-2-4(7)5(3)8/h1-4,8H;8H,1-2H2. The Morgan fingerprint density at radius 3 is 1.94 bits per heavy atom. The normalized spacial score (nSPS) is 14.2. The van der Waals surface area contributed by atoms with Gasteiger partial charge in [0.05, 0.1) is 4.92 Å². The Balaban J connectivity index is 0.000000184. The number of hydrogen-bond acceptors (Lipinski definition) is 6. The highest BCUT2D eigenvalue weighted by Crippen LogP contribution is 2.23. The van der Waals surface area contributed by atoms with Crippen molar-refractivity contribution in [3.63, 3.8) is 0 Å². The van der Waals surface area contributed by atoms with E-state index in [0.29, 0.717) is 0 Å². The molecule has 1 aromatic rings. The number of phenols is 1. The second-order valence-corrected chi connectivity index (χ2v) is 3.35. The zero-order chi connectivity index (χ0) is 13.7. The van der Waals surface area contributed by atoms with Gasteiger partial charge in [0.2, 0.25) is 0 Å². The van der Waals surface area contributed by atoms with Crippen molar-refractivity contribution in [3.05, 3.63) is 34.4 Å². The van der Waals surface area contributed by atoms with Crippen LogP contribution in [0.15, 0.2) is 24.3 Å². The molecule has 1 fully saturated rings. The second-order valence-electron chi connectivity index (χ2n) is 3.35. The molecule has 8 heteroatoms. The van der Waals surface area contributed by atoms with Gasteiger partial charge in [0.25, 0.3) is 11.8 Å². The summed E-state index contributed by atoms with van der Waals surface area (Å²) in [5.74, 6) is -1.31. The number of hydrogen-bond donors (Lipinski definition) is 2. The fraction of sp³-hybridized carbons (Fsp3) is 0.200. The number of benzene rings is 1. The number of nitro benzene ring substituents is 1. The maximum atomic E-state index is 10.2. The highest BCUT2D eigenvalue weighted by atomic mass is 16.6. The maximum absolute atomic E-state index is 10.2. The van der Waals surface area contributed by atoms with Gasteiger partial charge in [0, 0.05) is 18.9 Å². The van der Waals surface area contributed by atoms with Crippen molar-refractivity contribution in [2.75, 3.05) is 0 Å². The molecule has 18 heavy (non-hydrogen) atoms. The largest absolute Gasteiger partial charge is 0.502 e. The molecule has 0 aliphatic carbocycles. The van der Waals surface area contributed by atoms with Crippen molar-refractivity contribution < 1.29 is 24.8 Å². The fourth-order valence-corrected chi connectivity index (χ4v) is 1.18. The van der Waals surface area contributed by atoms with Crippen LogP contribution >= 0.6 is 0 Å². The third-order valence-corrected chi connectivity index (χ3v) is 2.10. The van der Waals surface area contributed by atoms with Crippen LogP contribution in [0, 0.1) is 10.1 Å². The van der Waals surface area contributed by atoms with Crippen molar-refractivity contribution in [1.82, 2.24) is 5.06 Å². The zero-order valence-corrected chi connectivity index (χ0v) is 9.15. The van der Waals surface area contributed by atoms with Gasteiger partial charge < -0.3 is 5.11 Å². The summed E-state index contributed by atoms with van der Waals surface area (Å²) < 4.78 is 0. The lowest BCUT2D eigenvalue weighted by atomic mass is 10.3. The monoisotopic (exact) mass is 254 g/mol. The molecular weight excluding hydrogens is 244 g/mol. The van der Waals surface area contributed by atoms with Gasteiger partial charge >= 0.3 is 5.69 Å². The number of para-hydroxylation sites is 2. The van der Waals surface area contributed by atoms with E-state index in [1.807, 2.05) is 0 Å². The van der Waals surface area contributed by atoms with Crippen LogP contribution in [0.25, 0.3) is 0 Å². The van der Waals surface area contributed by atoms with Crippen LogP contribution in [0.3, 0.4) is 0 Å². The highest BCUT2D eigenvalue weighted by molar-refractivity contribution is 6.00. The topological polar surface area (TPSA) is 121 Å². The summed E-state index contributed by atoms with van der Waals surface area (Å²) in [5.41, 5.74) is -0.262. The SMILES string of the molecule is O=C1CCC(=O)N1O.O=[N+]([O-])c1ccccc1O. The van der Waals surface area contributed by atoms with Gasteiger partial charge in [-0.25, -0.2) is 0 Å². The van der Waals surface area contributed by atoms with Crippen LogP contribution in [-0.2, 0) is 9.59 Å². The van der Waals surface area contributed by atoms with E-state index >= 15 is 0 Å². The quantitative estimate of drug-likeness (QED) is 0.331. The molecule has 2 amide bonds. The summed E-state index contributed by atoms with van der Waals surface area (Å²) in [5, 5.41) is 27.5. The van der Waals surface area contributed by atoms with E-state index in [2.05, 4.69) is 0 Å². The van der Waals surface area contributed by atoms with E-state index in [0.717, 1.165) is 0 Å². The number of phenolic OH excluding ortho intramolecular Hbond substituents is 1. The number of nitrogens with zero attached hydrogens (tertiary/aromatic N) is 2. The van der Waals surface area contributed by atoms with Gasteiger partial charge in [-0.2, -0.15) is 5.06 Å². The third-order valence-electron chi connectivity index (χ3n) is 2.10. The number of carbonyl (C=O) groups excluding carboxylic acids is 2. The van der Waals surface area contributed by atoms with E-state index in [1.165, 1.54) is 24.3 Å². The minimum atomic E-state index is -0.630. The highest BCUT2D eigenvalue weighted by Gasteiger charge is 2.26. The Labute approximate surface area is 101 Å². The second kappa shape index (κ2) is 5.73. The predicted octanol–water partition coefficient (Wildman–Crippen LogP) is 0.825. The van der Waals surface area contributed by atoms with Crippen LogP contribution in [0.4, 0.5) is 5.69 Å². The molecule has 0 saturated carbocycles. The van der Waals surface area contributed by atoms with Crippen molar-refractivity contribution in [3.8, 4) is 5.75 Å². The maximum Gasteiger partial charge on any atom is 0.310 e. The van der Waals surface area contributed by atoms with E-state index in [9.17, 15) is 19.7 Å². The molecule has 0 aromatic heterocycles. The summed E-state index contributed by atoms with van der Waals surface area (Å²) in [7, 11) is 0. The average molecular weight is 254 g/mol. The summed E-state index contributed by atoms with van der Waals surface area (Å²) in [6.45, 7) is 0. The molecule has 1 heterocycles. The molecule has 0 spiro atoms. The molecule has 2 N–H and O–H groups in total. The number of imide groups is 1. The van der Waals surface area contributed by atoms with E-state index in [1.54, 1.807) is 0 Å². The molecule has 2 rings (SSSR count). The minimum Gasteiger partial charge on any atom is -0.502 e. The first-order valence-corrected chi connectivity index (χ1v) is 4.90. The lowest BCUT2D eigenvalue weighted by Gasteiger charge is -1.98. The molecule has 0 radical (unpaired) electrons. The number of amides is 2. The van der Waals surface area contributed by atoms with Gasteiger partial charge in [0.1, 0.15) is 0 Å². The molecular formula is C10H10N2O6. The molecule has 0 atom stereocenters. The first-order chi connectivity index (χ1) is 8.43. The Morgan fingerprint density at radius 2 is 1.67 bits per heavy atom. The summed E-state index contributed by atoms with van der Waals surface area (Å²) in [4.78, 5) is 29.9. The molecule has 1 aliphatic heterocycles. The van der Waals surface area contributed by atoms with E-state index < -0.39 is 16.7 Å². The molecule has 1 aliphatic rings. The Bertz CT molecular complexity index is 471. The van der Waals surface area contributed by atoms with Crippen molar-refractivity contribution in [2.24, 2.45) is 0 Å². The zero-order valence-electron chi connectivity index (χ0n) is 9.15. The summed E-state index contributed by atoms with van der Waals surface area (Å²) in [6, 6.07) is 5.55. The third kappa shape index (κ3) is 3.25. The minimum absolute atomic E-state index is 0.148. The molecule has 1 saturated heterocycles. The number of hydroxylamine groups is 2. The van der Waals surface area contributed by atoms with Crippen LogP contribution < -0.4 is 0 Å². The fourth-order valence-electron chi connectivity index (χ4n) is 1.18. The molecule has 0 bridgehead atoms. The first kappa shape index (κ1) is 13.6. The molecule has 0 unspecified atom stereocenters. The Hall–Kier alpha value is -2.48. The van der Waals surface area contributed by atoms with E-state index in [-0.39, 0.29) is 29.3 Å². The molecule has 8 nitrogen and oxygen atoms in total. The number of carbonyl (C=O) groups is 2. The van der Waals surface area contributed by atoms with Gasteiger partial charge in [-0.15, -0.1) is 0 Å². The lowest BCUT2D eigenvalue weighted by molar-refractivity contribution is -0.385. The van der Waals surface area contributed by atoms with Crippen LogP contribution in [-0.4, -0.2) is 32.1 Å². The number of rotatable bonds is 1. The van der Waals surface area contributed by atoms with Crippen molar-refractivity contribution in [2.45, 2.75) is 12.8 Å². The van der Waals surface area contributed by atoms with Crippen LogP contribution in [0.5, 0.6) is 5.75 Å². The van der Waals surface area contributed by atoms with Crippen molar-refractivity contribution in [1.29, 1.82) is 0 Å². The average Bonchev–Trinajstić information content (AvgIpc) is 2.62. The molecule has 96 valence electrons. The Kier molecular flexibility index (Phi) is 4.33. The molecule has 1 aromatic carbocycles. The smallest absolute Gasteiger partial charge is 0.310 e. The number of nitro groups is 1. The van der Waals surface area contributed by atoms with Gasteiger partial charge in [-0.05, 0) is 6.07 Å².